The average molecular weight is 218 g/mol. The molecule has 3 aliphatic heterocycles. The van der Waals surface area contributed by atoms with Crippen molar-refractivity contribution in [2.75, 3.05) is 31.6 Å². The lowest BCUT2D eigenvalue weighted by atomic mass is 9.93. The molecule has 1 N–H and O–H groups in total. The Labute approximate surface area is 85.6 Å². The van der Waals surface area contributed by atoms with Crippen LogP contribution in [0.15, 0.2) is 0 Å². The van der Waals surface area contributed by atoms with E-state index in [4.69, 9.17) is 0 Å². The van der Waals surface area contributed by atoms with Gasteiger partial charge in [0, 0.05) is 38.0 Å². The molecule has 0 saturated carbocycles. The van der Waals surface area contributed by atoms with Crippen molar-refractivity contribution in [3.05, 3.63) is 0 Å². The first kappa shape index (κ1) is 10.4. The molecule has 0 aromatic carbocycles. The van der Waals surface area contributed by atoms with Gasteiger partial charge in [-0.2, -0.15) is 0 Å². The Morgan fingerprint density at radius 3 is 2.64 bits per heavy atom. The van der Waals surface area contributed by atoms with Crippen molar-refractivity contribution in [1.29, 1.82) is 0 Å². The van der Waals surface area contributed by atoms with Crippen LogP contribution in [0.5, 0.6) is 0 Å². The summed E-state index contributed by atoms with van der Waals surface area (Å²) in [5.74, 6) is 0.302. The molecule has 2 unspecified atom stereocenters. The van der Waals surface area contributed by atoms with Crippen LogP contribution >= 0.6 is 0 Å². The van der Waals surface area contributed by atoms with Gasteiger partial charge in [0.1, 0.15) is 9.84 Å². The standard InChI is InChI=1S/C9H18N2O2S/c1-14(12,13)5-4-11-7-8-2-3-9(11)6-10-8/h8-10H,2-7H2,1H3. The number of rotatable bonds is 3. The van der Waals surface area contributed by atoms with Crippen LogP contribution < -0.4 is 5.32 Å². The second-order valence-electron chi connectivity index (χ2n) is 4.46. The number of sulfone groups is 1. The Balaban J connectivity index is 1.87. The lowest BCUT2D eigenvalue weighted by Crippen LogP contribution is -2.61. The van der Waals surface area contributed by atoms with Gasteiger partial charge in [0.05, 0.1) is 5.75 Å². The highest BCUT2D eigenvalue weighted by Crippen LogP contribution is 2.21. The molecule has 3 rings (SSSR count). The van der Waals surface area contributed by atoms with Crippen molar-refractivity contribution in [1.82, 2.24) is 10.2 Å². The van der Waals surface area contributed by atoms with Gasteiger partial charge < -0.3 is 5.32 Å². The first-order valence-corrected chi connectivity index (χ1v) is 7.26. The molecular weight excluding hydrogens is 200 g/mol. The van der Waals surface area contributed by atoms with E-state index in [0.717, 1.165) is 13.1 Å². The lowest BCUT2D eigenvalue weighted by molar-refractivity contribution is 0.0814. The molecule has 82 valence electrons. The highest BCUT2D eigenvalue weighted by atomic mass is 32.2. The fraction of sp³-hybridized carbons (Fsp3) is 1.00. The number of piperidine rings is 2. The second-order valence-corrected chi connectivity index (χ2v) is 6.72. The third-order valence-electron chi connectivity index (χ3n) is 3.21. The van der Waals surface area contributed by atoms with Crippen molar-refractivity contribution in [3.63, 3.8) is 0 Å². The van der Waals surface area contributed by atoms with Crippen LogP contribution in [0, 0.1) is 0 Å². The fourth-order valence-corrected chi connectivity index (χ4v) is 2.92. The van der Waals surface area contributed by atoms with E-state index in [9.17, 15) is 8.42 Å². The average Bonchev–Trinajstić information content (AvgIpc) is 2.16. The lowest BCUT2D eigenvalue weighted by Gasteiger charge is -2.45. The van der Waals surface area contributed by atoms with Crippen LogP contribution in [-0.4, -0.2) is 57.0 Å². The Morgan fingerprint density at radius 2 is 2.21 bits per heavy atom. The van der Waals surface area contributed by atoms with Crippen molar-refractivity contribution >= 4 is 9.84 Å². The van der Waals surface area contributed by atoms with Crippen molar-refractivity contribution in [3.8, 4) is 0 Å². The highest BCUT2D eigenvalue weighted by Gasteiger charge is 2.33. The number of piperazine rings is 1. The van der Waals surface area contributed by atoms with Crippen LogP contribution in [0.1, 0.15) is 12.8 Å². The first-order valence-electron chi connectivity index (χ1n) is 5.20. The maximum absolute atomic E-state index is 11.0. The normalized spacial score (nSPS) is 33.5. The van der Waals surface area contributed by atoms with Crippen LogP contribution in [0.4, 0.5) is 0 Å². The minimum absolute atomic E-state index is 0.302. The summed E-state index contributed by atoms with van der Waals surface area (Å²) in [6.45, 7) is 2.77. The molecule has 14 heavy (non-hydrogen) atoms. The molecule has 0 spiro atoms. The van der Waals surface area contributed by atoms with Crippen molar-refractivity contribution < 1.29 is 8.42 Å². The summed E-state index contributed by atoms with van der Waals surface area (Å²) in [5, 5.41) is 3.45. The minimum Gasteiger partial charge on any atom is -0.311 e. The number of fused-ring (bicyclic) bond motifs is 3. The molecule has 0 aliphatic carbocycles. The first-order chi connectivity index (χ1) is 6.54. The molecule has 0 radical (unpaired) electrons. The number of hydrogen-bond donors (Lipinski definition) is 1. The van der Waals surface area contributed by atoms with E-state index in [0.29, 0.717) is 24.4 Å². The van der Waals surface area contributed by atoms with E-state index in [1.807, 2.05) is 0 Å². The zero-order chi connectivity index (χ0) is 10.2. The fourth-order valence-electron chi connectivity index (χ4n) is 2.36. The van der Waals surface area contributed by atoms with Crippen LogP contribution in [-0.2, 0) is 9.84 Å². The number of nitrogens with zero attached hydrogens (tertiary/aromatic N) is 1. The van der Waals surface area contributed by atoms with Gasteiger partial charge in [-0.25, -0.2) is 8.42 Å². The van der Waals surface area contributed by atoms with Crippen LogP contribution in [0.2, 0.25) is 0 Å². The van der Waals surface area contributed by atoms with E-state index >= 15 is 0 Å². The smallest absolute Gasteiger partial charge is 0.148 e. The van der Waals surface area contributed by atoms with E-state index in [1.165, 1.54) is 19.1 Å². The topological polar surface area (TPSA) is 49.4 Å². The summed E-state index contributed by atoms with van der Waals surface area (Å²) in [6, 6.07) is 1.17. The number of nitrogens with one attached hydrogen (secondary N) is 1. The van der Waals surface area contributed by atoms with Crippen molar-refractivity contribution in [2.24, 2.45) is 0 Å². The Morgan fingerprint density at radius 1 is 1.43 bits per heavy atom. The zero-order valence-corrected chi connectivity index (χ0v) is 9.39. The SMILES string of the molecule is CS(=O)(=O)CCN1CC2CCC1CN2. The molecular formula is C9H18N2O2S. The van der Waals surface area contributed by atoms with E-state index in [1.54, 1.807) is 0 Å². The molecule has 0 aromatic heterocycles. The number of hydrogen-bond acceptors (Lipinski definition) is 4. The molecule has 0 aromatic rings. The zero-order valence-electron chi connectivity index (χ0n) is 8.57. The molecule has 3 fully saturated rings. The van der Waals surface area contributed by atoms with Gasteiger partial charge in [-0.3, -0.25) is 4.90 Å². The molecule has 4 nitrogen and oxygen atoms in total. The predicted octanol–water partition coefficient (Wildman–Crippen LogP) is -0.533. The van der Waals surface area contributed by atoms with E-state index in [2.05, 4.69) is 10.2 Å². The molecule has 5 heteroatoms. The largest absolute Gasteiger partial charge is 0.311 e. The van der Waals surface area contributed by atoms with Crippen LogP contribution in [0.3, 0.4) is 0 Å². The monoisotopic (exact) mass is 218 g/mol. The second kappa shape index (κ2) is 3.79. The van der Waals surface area contributed by atoms with E-state index < -0.39 is 9.84 Å². The Hall–Kier alpha value is -0.130. The Kier molecular flexibility index (Phi) is 2.81. The summed E-state index contributed by atoms with van der Waals surface area (Å²) in [4.78, 5) is 2.33. The molecule has 2 bridgehead atoms. The predicted molar refractivity (Wildman–Crippen MR) is 56.1 cm³/mol. The quantitative estimate of drug-likeness (QED) is 0.692. The van der Waals surface area contributed by atoms with Gasteiger partial charge in [0.2, 0.25) is 0 Å². The summed E-state index contributed by atoms with van der Waals surface area (Å²) < 4.78 is 22.1. The molecule has 0 amide bonds. The summed E-state index contributed by atoms with van der Waals surface area (Å²) in [5.41, 5.74) is 0. The van der Waals surface area contributed by atoms with Gasteiger partial charge in [0.25, 0.3) is 0 Å². The van der Waals surface area contributed by atoms with Gasteiger partial charge in [-0.15, -0.1) is 0 Å². The third-order valence-corrected chi connectivity index (χ3v) is 4.14. The third kappa shape index (κ3) is 2.46. The molecule has 3 aliphatic rings. The minimum atomic E-state index is -2.80. The van der Waals surface area contributed by atoms with Gasteiger partial charge >= 0.3 is 0 Å². The molecule has 2 atom stereocenters. The van der Waals surface area contributed by atoms with Gasteiger partial charge in [0.15, 0.2) is 0 Å². The van der Waals surface area contributed by atoms with Gasteiger partial charge in [-0.1, -0.05) is 0 Å². The Bertz CT molecular complexity index is 294. The highest BCUT2D eigenvalue weighted by molar-refractivity contribution is 7.90. The molecule has 3 saturated heterocycles. The van der Waals surface area contributed by atoms with Crippen LogP contribution in [0.25, 0.3) is 0 Å². The summed E-state index contributed by atoms with van der Waals surface area (Å²) in [6.07, 6.45) is 3.79. The summed E-state index contributed by atoms with van der Waals surface area (Å²) >= 11 is 0. The van der Waals surface area contributed by atoms with Crippen molar-refractivity contribution in [2.45, 2.75) is 24.9 Å². The van der Waals surface area contributed by atoms with Gasteiger partial charge in [-0.05, 0) is 12.8 Å². The van der Waals surface area contributed by atoms with E-state index in [-0.39, 0.29) is 0 Å². The maximum atomic E-state index is 11.0. The summed E-state index contributed by atoms with van der Waals surface area (Å²) in [7, 11) is -2.80. The molecule has 3 heterocycles. The maximum Gasteiger partial charge on any atom is 0.148 e.